The van der Waals surface area contributed by atoms with E-state index in [4.69, 9.17) is 19.2 Å². The van der Waals surface area contributed by atoms with Crippen LogP contribution in [0.25, 0.3) is 0 Å². The fourth-order valence-corrected chi connectivity index (χ4v) is 4.75. The van der Waals surface area contributed by atoms with E-state index in [0.29, 0.717) is 0 Å². The summed E-state index contributed by atoms with van der Waals surface area (Å²) >= 11 is 3.60. The second-order valence-electron chi connectivity index (χ2n) is 7.95. The van der Waals surface area contributed by atoms with Gasteiger partial charge in [-0.05, 0) is 53.8 Å². The van der Waals surface area contributed by atoms with E-state index in [2.05, 4.69) is 125 Å². The van der Waals surface area contributed by atoms with Crippen LogP contribution >= 0.6 is 15.9 Å². The highest BCUT2D eigenvalue weighted by Gasteiger charge is 2.35. The van der Waals surface area contributed by atoms with Crippen molar-refractivity contribution in [3.63, 3.8) is 0 Å². The van der Waals surface area contributed by atoms with Crippen LogP contribution in [0.5, 0.6) is 0 Å². The van der Waals surface area contributed by atoms with Crippen molar-refractivity contribution in [3.05, 3.63) is 112 Å². The molecule has 3 aromatic rings. The van der Waals surface area contributed by atoms with Crippen LogP contribution < -0.4 is 4.90 Å². The molecule has 0 amide bonds. The summed E-state index contributed by atoms with van der Waals surface area (Å²) in [6.45, 7) is 6.50. The maximum Gasteiger partial charge on any atom is 0.373 e. The van der Waals surface area contributed by atoms with E-state index in [1.807, 2.05) is 0 Å². The van der Waals surface area contributed by atoms with Crippen LogP contribution in [-0.2, 0) is 25.7 Å². The van der Waals surface area contributed by atoms with Crippen molar-refractivity contribution in [3.8, 4) is 0 Å². The highest BCUT2D eigenvalue weighted by molar-refractivity contribution is 9.10. The van der Waals surface area contributed by atoms with E-state index in [1.165, 1.54) is 28.1 Å². The van der Waals surface area contributed by atoms with E-state index in [9.17, 15) is 0 Å². The minimum absolute atomic E-state index is 0.165. The molecule has 0 spiro atoms. The number of halogens is 1. The van der Waals surface area contributed by atoms with Gasteiger partial charge in [-0.25, -0.2) is 0 Å². The quantitative estimate of drug-likeness (QED) is 0.356. The predicted octanol–water partition coefficient (Wildman–Crippen LogP) is 6.38. The molecule has 0 aromatic heterocycles. The fourth-order valence-electron chi connectivity index (χ4n) is 4.48. The van der Waals surface area contributed by atoms with Crippen molar-refractivity contribution in [2.24, 2.45) is 0 Å². The van der Waals surface area contributed by atoms with E-state index in [0.717, 1.165) is 30.4 Å². The Hall–Kier alpha value is -3.60. The number of nitrogens with zero attached hydrogens (tertiary/aromatic N) is 2. The molecule has 1 aliphatic rings. The summed E-state index contributed by atoms with van der Waals surface area (Å²) in [5.74, 6) is 0. The van der Waals surface area contributed by atoms with Gasteiger partial charge in [0.05, 0.1) is 0 Å². The molecule has 0 aliphatic carbocycles. The summed E-state index contributed by atoms with van der Waals surface area (Å²) in [5, 5.41) is 0. The average Bonchev–Trinajstić information content (AvgIpc) is 2.90. The Morgan fingerprint density at radius 1 is 0.778 bits per heavy atom. The van der Waals surface area contributed by atoms with Gasteiger partial charge in [0.25, 0.3) is 0 Å². The normalized spacial score (nSPS) is 15.0. The topological polar surface area (TPSA) is 74.8 Å². The first kappa shape index (κ1) is 28.6. The van der Waals surface area contributed by atoms with E-state index in [1.54, 1.807) is 0 Å². The standard InChI is InChI=1S/C27H29BrN2.2CO2/c1-3-22-20-29(19-21-11-7-5-8-12-21)27(23-13-9-6-10-14-23)30(26(22)4-2)25-17-15-24(28)16-18-25;2*2-1-3/h5-18,27H,3-4,19-20H2,1-2H3;;. The van der Waals surface area contributed by atoms with Crippen molar-refractivity contribution in [1.29, 1.82) is 0 Å². The van der Waals surface area contributed by atoms with Crippen molar-refractivity contribution in [2.75, 3.05) is 11.4 Å². The van der Waals surface area contributed by atoms with Crippen molar-refractivity contribution in [2.45, 2.75) is 39.4 Å². The first-order valence-corrected chi connectivity index (χ1v) is 12.4. The average molecular weight is 549 g/mol. The molecule has 1 aliphatic heterocycles. The van der Waals surface area contributed by atoms with Gasteiger partial charge in [0.1, 0.15) is 6.17 Å². The van der Waals surface area contributed by atoms with Gasteiger partial charge in [-0.3, -0.25) is 4.90 Å². The summed E-state index contributed by atoms with van der Waals surface area (Å²) in [7, 11) is 0. The van der Waals surface area contributed by atoms with Crippen LogP contribution in [0.3, 0.4) is 0 Å². The van der Waals surface area contributed by atoms with Crippen molar-refractivity contribution >= 4 is 33.9 Å². The van der Waals surface area contributed by atoms with Crippen LogP contribution in [0.4, 0.5) is 5.69 Å². The van der Waals surface area contributed by atoms with E-state index < -0.39 is 0 Å². The molecule has 7 heteroatoms. The second-order valence-corrected chi connectivity index (χ2v) is 8.86. The van der Waals surface area contributed by atoms with Gasteiger partial charge in [0.15, 0.2) is 0 Å². The zero-order valence-corrected chi connectivity index (χ0v) is 22.0. The molecule has 4 rings (SSSR count). The molecular weight excluding hydrogens is 520 g/mol. The highest BCUT2D eigenvalue weighted by atomic mass is 79.9. The maximum absolute atomic E-state index is 8.12. The lowest BCUT2D eigenvalue weighted by molar-refractivity contribution is -0.193. The Kier molecular flexibility index (Phi) is 12.3. The van der Waals surface area contributed by atoms with Gasteiger partial charge >= 0.3 is 12.3 Å². The number of hydrogen-bond acceptors (Lipinski definition) is 6. The van der Waals surface area contributed by atoms with Gasteiger partial charge in [-0.2, -0.15) is 19.2 Å². The van der Waals surface area contributed by atoms with E-state index in [-0.39, 0.29) is 18.5 Å². The minimum atomic E-state index is 0.165. The van der Waals surface area contributed by atoms with Crippen LogP contribution in [0.15, 0.2) is 101 Å². The Morgan fingerprint density at radius 2 is 1.31 bits per heavy atom. The Bertz CT molecular complexity index is 1160. The van der Waals surface area contributed by atoms with Crippen LogP contribution in [0.2, 0.25) is 0 Å². The fraction of sp³-hybridized carbons (Fsp3) is 0.241. The summed E-state index contributed by atoms with van der Waals surface area (Å²) in [4.78, 5) is 37.7. The number of hydrogen-bond donors (Lipinski definition) is 0. The molecule has 0 N–H and O–H groups in total. The lowest BCUT2D eigenvalue weighted by Gasteiger charge is -2.47. The lowest BCUT2D eigenvalue weighted by Crippen LogP contribution is -2.46. The third-order valence-corrected chi connectivity index (χ3v) is 6.40. The number of anilines is 1. The summed E-state index contributed by atoms with van der Waals surface area (Å²) in [5.41, 5.74) is 6.91. The Balaban J connectivity index is 0.000000693. The molecule has 6 nitrogen and oxygen atoms in total. The predicted molar refractivity (Wildman–Crippen MR) is 140 cm³/mol. The largest absolute Gasteiger partial charge is 0.373 e. The SMILES string of the molecule is CCC1=C(CC)N(c2ccc(Br)cc2)C(c2ccccc2)N(Cc2ccccc2)C1.O=C=O.O=C=O. The Morgan fingerprint density at radius 3 is 1.81 bits per heavy atom. The van der Waals surface area contributed by atoms with Crippen LogP contribution in [0.1, 0.15) is 44.0 Å². The molecular formula is C29H29BrN2O4. The molecule has 0 bridgehead atoms. The van der Waals surface area contributed by atoms with E-state index >= 15 is 0 Å². The van der Waals surface area contributed by atoms with Gasteiger partial charge in [0.2, 0.25) is 0 Å². The van der Waals surface area contributed by atoms with Gasteiger partial charge < -0.3 is 4.90 Å². The molecule has 3 aromatic carbocycles. The molecule has 0 saturated heterocycles. The molecule has 186 valence electrons. The van der Waals surface area contributed by atoms with Crippen molar-refractivity contribution in [1.82, 2.24) is 4.90 Å². The Labute approximate surface area is 220 Å². The molecule has 0 fully saturated rings. The monoisotopic (exact) mass is 548 g/mol. The van der Waals surface area contributed by atoms with Crippen LogP contribution in [-0.4, -0.2) is 23.7 Å². The molecule has 1 heterocycles. The minimum Gasteiger partial charge on any atom is -0.325 e. The molecule has 36 heavy (non-hydrogen) atoms. The maximum atomic E-state index is 8.12. The molecule has 0 radical (unpaired) electrons. The number of rotatable bonds is 6. The van der Waals surface area contributed by atoms with Crippen LogP contribution in [0, 0.1) is 0 Å². The lowest BCUT2D eigenvalue weighted by atomic mass is 9.97. The highest BCUT2D eigenvalue weighted by Crippen LogP contribution is 2.41. The summed E-state index contributed by atoms with van der Waals surface area (Å²) in [6.07, 6.45) is 2.77. The zero-order valence-electron chi connectivity index (χ0n) is 20.4. The molecule has 1 atom stereocenters. The summed E-state index contributed by atoms with van der Waals surface area (Å²) in [6, 6.07) is 30.5. The van der Waals surface area contributed by atoms with Gasteiger partial charge in [0, 0.05) is 28.9 Å². The third kappa shape index (κ3) is 7.70. The summed E-state index contributed by atoms with van der Waals surface area (Å²) < 4.78 is 1.11. The van der Waals surface area contributed by atoms with Crippen molar-refractivity contribution < 1.29 is 19.2 Å². The smallest absolute Gasteiger partial charge is 0.325 e. The molecule has 0 saturated carbocycles. The molecule has 1 unspecified atom stereocenters. The number of benzene rings is 3. The number of carbonyl (C=O) groups excluding carboxylic acids is 4. The van der Waals surface area contributed by atoms with Gasteiger partial charge in [-0.15, -0.1) is 0 Å². The van der Waals surface area contributed by atoms with Gasteiger partial charge in [-0.1, -0.05) is 90.4 Å². The second kappa shape index (κ2) is 15.4. The number of allylic oxidation sites excluding steroid dienone is 1. The third-order valence-electron chi connectivity index (χ3n) is 5.88. The first-order chi connectivity index (χ1) is 17.5. The first-order valence-electron chi connectivity index (χ1n) is 11.6. The zero-order chi connectivity index (χ0) is 26.3.